The van der Waals surface area contributed by atoms with Crippen molar-refractivity contribution in [3.05, 3.63) is 29.3 Å². The van der Waals surface area contributed by atoms with Gasteiger partial charge >= 0.3 is 5.97 Å². The molecule has 1 unspecified atom stereocenters. The van der Waals surface area contributed by atoms with E-state index in [2.05, 4.69) is 5.32 Å². The van der Waals surface area contributed by atoms with Gasteiger partial charge in [-0.3, -0.25) is 4.79 Å². The molecule has 1 fully saturated rings. The Labute approximate surface area is 111 Å². The van der Waals surface area contributed by atoms with Gasteiger partial charge in [-0.05, 0) is 38.8 Å². The normalized spacial score (nSPS) is 15.7. The molecule has 0 radical (unpaired) electrons. The van der Waals surface area contributed by atoms with Gasteiger partial charge in [0.2, 0.25) is 0 Å². The van der Waals surface area contributed by atoms with E-state index in [0.29, 0.717) is 0 Å². The summed E-state index contributed by atoms with van der Waals surface area (Å²) >= 11 is 0. The molecule has 0 saturated heterocycles. The van der Waals surface area contributed by atoms with Crippen LogP contribution in [0.5, 0.6) is 5.75 Å². The molecule has 1 aliphatic rings. The molecule has 2 N–H and O–H groups in total. The molecule has 1 aromatic carbocycles. The summed E-state index contributed by atoms with van der Waals surface area (Å²) in [5.41, 5.74) is 0.908. The molecule has 1 aromatic rings. The molecule has 1 atom stereocenters. The first-order valence-electron chi connectivity index (χ1n) is 6.28. The van der Waals surface area contributed by atoms with Crippen LogP contribution in [0.25, 0.3) is 0 Å². The van der Waals surface area contributed by atoms with E-state index >= 15 is 0 Å². The Hall–Kier alpha value is -2.04. The van der Waals surface area contributed by atoms with Crippen LogP contribution in [0.4, 0.5) is 0 Å². The Morgan fingerprint density at radius 3 is 2.68 bits per heavy atom. The molecule has 1 aliphatic carbocycles. The molecule has 0 heterocycles. The third kappa shape index (κ3) is 3.47. The Balaban J connectivity index is 2.08. The number of benzene rings is 1. The number of amides is 1. The minimum atomic E-state index is -1.06. The molecule has 0 aliphatic heterocycles. The number of hydrogen-bond acceptors (Lipinski definition) is 3. The molecular weight excluding hydrogens is 246 g/mol. The fourth-order valence-electron chi connectivity index (χ4n) is 1.70. The molecular formula is C14H17NO4. The first-order chi connectivity index (χ1) is 8.97. The van der Waals surface area contributed by atoms with Gasteiger partial charge in [-0.25, -0.2) is 4.79 Å². The summed E-state index contributed by atoms with van der Waals surface area (Å²) in [6, 6.07) is 5.13. The third-order valence-corrected chi connectivity index (χ3v) is 2.96. The van der Waals surface area contributed by atoms with Gasteiger partial charge in [0.1, 0.15) is 11.3 Å². The van der Waals surface area contributed by atoms with E-state index in [4.69, 9.17) is 9.84 Å². The number of aryl methyl sites for hydroxylation is 1. The molecule has 5 nitrogen and oxygen atoms in total. The summed E-state index contributed by atoms with van der Waals surface area (Å²) in [6.07, 6.45) is 1.30. The molecule has 0 bridgehead atoms. The van der Waals surface area contributed by atoms with Crippen molar-refractivity contribution in [2.45, 2.75) is 38.8 Å². The van der Waals surface area contributed by atoms with Crippen molar-refractivity contribution in [3.63, 3.8) is 0 Å². The Bertz CT molecular complexity index is 508. The topological polar surface area (TPSA) is 75.6 Å². The molecule has 1 saturated carbocycles. The number of hydrogen-bond donors (Lipinski definition) is 2. The van der Waals surface area contributed by atoms with Gasteiger partial charge in [0.25, 0.3) is 5.91 Å². The summed E-state index contributed by atoms with van der Waals surface area (Å²) in [7, 11) is 0. The molecule has 2 rings (SSSR count). The molecule has 0 spiro atoms. The van der Waals surface area contributed by atoms with Gasteiger partial charge in [-0.2, -0.15) is 0 Å². The van der Waals surface area contributed by atoms with Gasteiger partial charge in [0, 0.05) is 6.04 Å². The van der Waals surface area contributed by atoms with Crippen LogP contribution in [-0.2, 0) is 4.79 Å². The van der Waals surface area contributed by atoms with Crippen LogP contribution in [0, 0.1) is 6.92 Å². The predicted molar refractivity (Wildman–Crippen MR) is 69.4 cm³/mol. The number of rotatable bonds is 5. The number of nitrogens with one attached hydrogen (secondary N) is 1. The smallest absolute Gasteiger partial charge is 0.339 e. The van der Waals surface area contributed by atoms with E-state index in [9.17, 15) is 9.59 Å². The highest BCUT2D eigenvalue weighted by Crippen LogP contribution is 2.22. The van der Waals surface area contributed by atoms with Crippen molar-refractivity contribution in [2.24, 2.45) is 0 Å². The van der Waals surface area contributed by atoms with Gasteiger partial charge in [-0.1, -0.05) is 11.6 Å². The SMILES string of the molecule is Cc1ccc(OC(C)C(=O)NC2CC2)c(C(=O)O)c1. The summed E-state index contributed by atoms with van der Waals surface area (Å²) in [4.78, 5) is 22.9. The monoisotopic (exact) mass is 263 g/mol. The van der Waals surface area contributed by atoms with Crippen LogP contribution in [-0.4, -0.2) is 29.1 Å². The third-order valence-electron chi connectivity index (χ3n) is 2.96. The minimum absolute atomic E-state index is 0.0751. The maximum Gasteiger partial charge on any atom is 0.339 e. The summed E-state index contributed by atoms with van der Waals surface area (Å²) in [5, 5.41) is 11.9. The lowest BCUT2D eigenvalue weighted by atomic mass is 10.1. The van der Waals surface area contributed by atoms with Crippen molar-refractivity contribution < 1.29 is 19.4 Å². The lowest BCUT2D eigenvalue weighted by molar-refractivity contribution is -0.127. The number of carboxylic acids is 1. The Kier molecular flexibility index (Phi) is 3.74. The fourth-order valence-corrected chi connectivity index (χ4v) is 1.70. The molecule has 19 heavy (non-hydrogen) atoms. The van der Waals surface area contributed by atoms with Crippen LogP contribution in [0.1, 0.15) is 35.7 Å². The van der Waals surface area contributed by atoms with Crippen molar-refractivity contribution in [3.8, 4) is 5.75 Å². The second kappa shape index (κ2) is 5.30. The number of carbonyl (C=O) groups is 2. The number of aromatic carboxylic acids is 1. The Morgan fingerprint density at radius 2 is 2.11 bits per heavy atom. The summed E-state index contributed by atoms with van der Waals surface area (Å²) in [6.45, 7) is 3.42. The lowest BCUT2D eigenvalue weighted by Gasteiger charge is -2.16. The second-order valence-electron chi connectivity index (χ2n) is 4.85. The van der Waals surface area contributed by atoms with E-state index in [1.807, 2.05) is 0 Å². The highest BCUT2D eigenvalue weighted by Gasteiger charge is 2.27. The summed E-state index contributed by atoms with van der Waals surface area (Å²) in [5.74, 6) is -1.05. The van der Waals surface area contributed by atoms with Crippen LogP contribution in [0.2, 0.25) is 0 Å². The van der Waals surface area contributed by atoms with Gasteiger partial charge in [0.15, 0.2) is 6.10 Å². The average Bonchev–Trinajstić information content (AvgIpc) is 3.14. The molecule has 0 aromatic heterocycles. The molecule has 1 amide bonds. The van der Waals surface area contributed by atoms with Gasteiger partial charge in [-0.15, -0.1) is 0 Å². The maximum atomic E-state index is 11.8. The van der Waals surface area contributed by atoms with Gasteiger partial charge in [0.05, 0.1) is 0 Å². The number of carboxylic acid groups (broad SMARTS) is 1. The molecule has 5 heteroatoms. The summed E-state index contributed by atoms with van der Waals surface area (Å²) < 4.78 is 5.46. The van der Waals surface area contributed by atoms with E-state index in [1.165, 1.54) is 6.07 Å². The van der Waals surface area contributed by atoms with E-state index < -0.39 is 12.1 Å². The van der Waals surface area contributed by atoms with Crippen LogP contribution in [0.3, 0.4) is 0 Å². The molecule has 102 valence electrons. The number of carbonyl (C=O) groups excluding carboxylic acids is 1. The maximum absolute atomic E-state index is 11.8. The zero-order chi connectivity index (χ0) is 14.0. The second-order valence-corrected chi connectivity index (χ2v) is 4.85. The fraction of sp³-hybridized carbons (Fsp3) is 0.429. The quantitative estimate of drug-likeness (QED) is 0.848. The van der Waals surface area contributed by atoms with Crippen molar-refractivity contribution in [1.29, 1.82) is 0 Å². The largest absolute Gasteiger partial charge is 0.480 e. The first-order valence-corrected chi connectivity index (χ1v) is 6.28. The lowest BCUT2D eigenvalue weighted by Crippen LogP contribution is -2.37. The van der Waals surface area contributed by atoms with Crippen LogP contribution in [0.15, 0.2) is 18.2 Å². The Morgan fingerprint density at radius 1 is 1.42 bits per heavy atom. The standard InChI is InChI=1S/C14H17NO4/c1-8-3-6-12(11(7-8)14(17)18)19-9(2)13(16)15-10-4-5-10/h3,6-7,9-10H,4-5H2,1-2H3,(H,15,16)(H,17,18). The zero-order valence-electron chi connectivity index (χ0n) is 11.0. The van der Waals surface area contributed by atoms with E-state index in [0.717, 1.165) is 18.4 Å². The first kappa shape index (κ1) is 13.4. The van der Waals surface area contributed by atoms with Crippen molar-refractivity contribution >= 4 is 11.9 Å². The number of ether oxygens (including phenoxy) is 1. The van der Waals surface area contributed by atoms with Crippen LogP contribution >= 0.6 is 0 Å². The van der Waals surface area contributed by atoms with Crippen molar-refractivity contribution in [1.82, 2.24) is 5.32 Å². The van der Waals surface area contributed by atoms with E-state index in [-0.39, 0.29) is 23.3 Å². The predicted octanol–water partition coefficient (Wildman–Crippen LogP) is 1.74. The zero-order valence-corrected chi connectivity index (χ0v) is 11.0. The highest BCUT2D eigenvalue weighted by molar-refractivity contribution is 5.91. The van der Waals surface area contributed by atoms with Gasteiger partial charge < -0.3 is 15.2 Å². The van der Waals surface area contributed by atoms with Crippen LogP contribution < -0.4 is 10.1 Å². The van der Waals surface area contributed by atoms with E-state index in [1.54, 1.807) is 26.0 Å². The highest BCUT2D eigenvalue weighted by atomic mass is 16.5. The van der Waals surface area contributed by atoms with Crippen molar-refractivity contribution in [2.75, 3.05) is 0 Å². The average molecular weight is 263 g/mol. The minimum Gasteiger partial charge on any atom is -0.480 e.